The van der Waals surface area contributed by atoms with E-state index in [1.54, 1.807) is 12.4 Å². The lowest BCUT2D eigenvalue weighted by atomic mass is 9.81. The van der Waals surface area contributed by atoms with Gasteiger partial charge >= 0.3 is 0 Å². The van der Waals surface area contributed by atoms with Crippen molar-refractivity contribution < 1.29 is 19.4 Å². The molecular formula is C18H24N2O4. The molecule has 24 heavy (non-hydrogen) atoms. The molecule has 0 radical (unpaired) electrons. The van der Waals surface area contributed by atoms with Gasteiger partial charge in [0.1, 0.15) is 6.10 Å². The highest BCUT2D eigenvalue weighted by Gasteiger charge is 2.47. The number of hydrogen-bond donors (Lipinski definition) is 1. The van der Waals surface area contributed by atoms with E-state index in [4.69, 9.17) is 9.47 Å². The molecule has 3 fully saturated rings. The van der Waals surface area contributed by atoms with E-state index in [1.165, 1.54) is 0 Å². The molecule has 3 atom stereocenters. The molecular weight excluding hydrogens is 308 g/mol. The summed E-state index contributed by atoms with van der Waals surface area (Å²) < 4.78 is 12.1. The van der Waals surface area contributed by atoms with Gasteiger partial charge in [-0.25, -0.2) is 0 Å². The van der Waals surface area contributed by atoms with Gasteiger partial charge in [-0.2, -0.15) is 0 Å². The third kappa shape index (κ3) is 3.06. The van der Waals surface area contributed by atoms with E-state index in [-0.39, 0.29) is 36.2 Å². The molecule has 1 saturated heterocycles. The van der Waals surface area contributed by atoms with E-state index in [9.17, 15) is 9.90 Å². The first-order valence-corrected chi connectivity index (χ1v) is 8.83. The monoisotopic (exact) mass is 332 g/mol. The van der Waals surface area contributed by atoms with Gasteiger partial charge in [-0.05, 0) is 37.3 Å². The van der Waals surface area contributed by atoms with Crippen LogP contribution in [0.1, 0.15) is 31.2 Å². The molecule has 3 aliphatic rings. The second kappa shape index (κ2) is 6.78. The van der Waals surface area contributed by atoms with Crippen LogP contribution in [0, 0.1) is 5.92 Å². The molecule has 1 aromatic heterocycles. The van der Waals surface area contributed by atoms with Crippen LogP contribution in [0.4, 0.5) is 0 Å². The molecule has 4 rings (SSSR count). The van der Waals surface area contributed by atoms with Crippen LogP contribution in [0.15, 0.2) is 24.5 Å². The molecule has 2 saturated carbocycles. The van der Waals surface area contributed by atoms with Gasteiger partial charge in [0.15, 0.2) is 0 Å². The molecule has 2 bridgehead atoms. The van der Waals surface area contributed by atoms with Crippen LogP contribution in [-0.2, 0) is 20.9 Å². The molecule has 1 amide bonds. The normalized spacial score (nSPS) is 35.4. The number of carbonyl (C=O) groups is 1. The number of aliphatic hydroxyl groups is 1. The Morgan fingerprint density at radius 1 is 1.42 bits per heavy atom. The summed E-state index contributed by atoms with van der Waals surface area (Å²) in [5.74, 6) is 0.127. The fourth-order valence-electron chi connectivity index (χ4n) is 4.08. The van der Waals surface area contributed by atoms with Crippen molar-refractivity contribution in [2.24, 2.45) is 5.92 Å². The SMILES string of the molecule is O=C(C1CC(O)C1)N1CCO[C@H]2CC[C@H]1[C@@H]2OCc1cccnc1. The summed E-state index contributed by atoms with van der Waals surface area (Å²) in [6.45, 7) is 1.67. The van der Waals surface area contributed by atoms with Crippen molar-refractivity contribution in [3.05, 3.63) is 30.1 Å². The van der Waals surface area contributed by atoms with Crippen molar-refractivity contribution in [3.63, 3.8) is 0 Å². The Morgan fingerprint density at radius 2 is 2.29 bits per heavy atom. The summed E-state index contributed by atoms with van der Waals surface area (Å²) in [4.78, 5) is 18.8. The number of amides is 1. The van der Waals surface area contributed by atoms with E-state index in [2.05, 4.69) is 4.98 Å². The number of carbonyl (C=O) groups excluding carboxylic acids is 1. The first kappa shape index (κ1) is 16.0. The van der Waals surface area contributed by atoms with Crippen LogP contribution >= 0.6 is 0 Å². The fraction of sp³-hybridized carbons (Fsp3) is 0.667. The Kier molecular flexibility index (Phi) is 4.52. The zero-order valence-electron chi connectivity index (χ0n) is 13.7. The van der Waals surface area contributed by atoms with Gasteiger partial charge in [0, 0.05) is 24.9 Å². The quantitative estimate of drug-likeness (QED) is 0.895. The summed E-state index contributed by atoms with van der Waals surface area (Å²) in [5, 5.41) is 9.49. The van der Waals surface area contributed by atoms with Crippen molar-refractivity contribution in [1.29, 1.82) is 0 Å². The lowest BCUT2D eigenvalue weighted by Crippen LogP contribution is -2.51. The molecule has 0 aromatic carbocycles. The highest BCUT2D eigenvalue weighted by molar-refractivity contribution is 5.80. The Morgan fingerprint density at radius 3 is 3.04 bits per heavy atom. The summed E-state index contributed by atoms with van der Waals surface area (Å²) >= 11 is 0. The number of hydrogen-bond acceptors (Lipinski definition) is 5. The van der Waals surface area contributed by atoms with Gasteiger partial charge in [-0.3, -0.25) is 9.78 Å². The Labute approximate surface area is 141 Å². The number of pyridine rings is 1. The average Bonchev–Trinajstić information content (AvgIpc) is 2.86. The summed E-state index contributed by atoms with van der Waals surface area (Å²) in [7, 11) is 0. The van der Waals surface area contributed by atoms with Crippen molar-refractivity contribution in [2.75, 3.05) is 13.2 Å². The predicted octanol–water partition coefficient (Wildman–Crippen LogP) is 1.13. The van der Waals surface area contributed by atoms with Crippen molar-refractivity contribution in [2.45, 2.75) is 56.6 Å². The third-order valence-corrected chi connectivity index (χ3v) is 5.47. The Balaban J connectivity index is 1.44. The van der Waals surface area contributed by atoms with Crippen molar-refractivity contribution in [3.8, 4) is 0 Å². The van der Waals surface area contributed by atoms with Gasteiger partial charge in [-0.1, -0.05) is 6.07 Å². The Bertz CT molecular complexity index is 576. The summed E-state index contributed by atoms with van der Waals surface area (Å²) in [5.41, 5.74) is 1.03. The number of rotatable bonds is 4. The first-order chi connectivity index (χ1) is 11.7. The molecule has 6 nitrogen and oxygen atoms in total. The van der Waals surface area contributed by atoms with Crippen LogP contribution in [0.3, 0.4) is 0 Å². The number of nitrogens with zero attached hydrogens (tertiary/aromatic N) is 2. The van der Waals surface area contributed by atoms with Crippen LogP contribution in [0.25, 0.3) is 0 Å². The zero-order chi connectivity index (χ0) is 16.5. The third-order valence-electron chi connectivity index (χ3n) is 5.47. The lowest BCUT2D eigenvalue weighted by molar-refractivity contribution is -0.147. The maximum absolute atomic E-state index is 12.8. The van der Waals surface area contributed by atoms with E-state index in [0.717, 1.165) is 18.4 Å². The van der Waals surface area contributed by atoms with Crippen molar-refractivity contribution in [1.82, 2.24) is 9.88 Å². The fourth-order valence-corrected chi connectivity index (χ4v) is 4.08. The maximum Gasteiger partial charge on any atom is 0.226 e. The largest absolute Gasteiger partial charge is 0.393 e. The summed E-state index contributed by atoms with van der Waals surface area (Å²) in [6, 6.07) is 3.97. The number of aliphatic hydroxyl groups excluding tert-OH is 1. The molecule has 2 heterocycles. The minimum Gasteiger partial charge on any atom is -0.393 e. The van der Waals surface area contributed by atoms with E-state index < -0.39 is 0 Å². The topological polar surface area (TPSA) is 71.9 Å². The van der Waals surface area contributed by atoms with Gasteiger partial charge in [0.2, 0.25) is 5.91 Å². The van der Waals surface area contributed by atoms with Gasteiger partial charge in [0.25, 0.3) is 0 Å². The first-order valence-electron chi connectivity index (χ1n) is 8.83. The highest BCUT2D eigenvalue weighted by atomic mass is 16.5. The van der Waals surface area contributed by atoms with E-state index in [1.807, 2.05) is 17.0 Å². The molecule has 0 spiro atoms. The molecule has 1 N–H and O–H groups in total. The molecule has 1 aliphatic heterocycles. The second-order valence-corrected chi connectivity index (χ2v) is 7.04. The lowest BCUT2D eigenvalue weighted by Gasteiger charge is -2.38. The summed E-state index contributed by atoms with van der Waals surface area (Å²) in [6.07, 6.45) is 6.26. The van der Waals surface area contributed by atoms with E-state index >= 15 is 0 Å². The standard InChI is InChI=1S/C18H24N2O4/c21-14-8-13(9-14)18(22)20-6-7-23-16-4-3-15(20)17(16)24-11-12-2-1-5-19-10-12/h1-2,5,10,13-17,21H,3-4,6-9,11H2/t13?,14?,15-,16-,17-/m0/s1. The zero-order valence-corrected chi connectivity index (χ0v) is 13.7. The minimum atomic E-state index is -0.309. The van der Waals surface area contributed by atoms with Gasteiger partial charge in [0.05, 0.1) is 31.5 Å². The minimum absolute atomic E-state index is 0.0314. The second-order valence-electron chi connectivity index (χ2n) is 7.04. The van der Waals surface area contributed by atoms with Crippen LogP contribution in [0.5, 0.6) is 0 Å². The van der Waals surface area contributed by atoms with Gasteiger partial charge < -0.3 is 19.5 Å². The molecule has 130 valence electrons. The van der Waals surface area contributed by atoms with Crippen LogP contribution in [-0.4, -0.2) is 58.4 Å². The average molecular weight is 332 g/mol. The number of ether oxygens (including phenoxy) is 2. The molecule has 6 heteroatoms. The van der Waals surface area contributed by atoms with Crippen LogP contribution < -0.4 is 0 Å². The Hall–Kier alpha value is -1.50. The highest BCUT2D eigenvalue weighted by Crippen LogP contribution is 2.36. The predicted molar refractivity (Wildman–Crippen MR) is 86.0 cm³/mol. The molecule has 1 aromatic rings. The van der Waals surface area contributed by atoms with Crippen LogP contribution in [0.2, 0.25) is 0 Å². The maximum atomic E-state index is 12.8. The number of aromatic nitrogens is 1. The molecule has 2 aliphatic carbocycles. The number of fused-ring (bicyclic) bond motifs is 2. The van der Waals surface area contributed by atoms with E-state index in [0.29, 0.717) is 32.6 Å². The van der Waals surface area contributed by atoms with Crippen molar-refractivity contribution >= 4 is 5.91 Å². The smallest absolute Gasteiger partial charge is 0.226 e. The van der Waals surface area contributed by atoms with Gasteiger partial charge in [-0.15, -0.1) is 0 Å². The molecule has 0 unspecified atom stereocenters.